The fourth-order valence-electron chi connectivity index (χ4n) is 3.64. The van der Waals surface area contributed by atoms with Crippen LogP contribution >= 0.6 is 0 Å². The van der Waals surface area contributed by atoms with Crippen LogP contribution in [0.4, 0.5) is 0 Å². The van der Waals surface area contributed by atoms with Crippen LogP contribution in [0.2, 0.25) is 0 Å². The lowest BCUT2D eigenvalue weighted by atomic mass is 9.94. The number of aryl methyl sites for hydroxylation is 1. The molecule has 0 spiro atoms. The van der Waals surface area contributed by atoms with Gasteiger partial charge in [0.25, 0.3) is 0 Å². The van der Waals surface area contributed by atoms with E-state index >= 15 is 0 Å². The van der Waals surface area contributed by atoms with Gasteiger partial charge in [-0.15, -0.1) is 0 Å². The quantitative estimate of drug-likeness (QED) is 0.761. The van der Waals surface area contributed by atoms with Gasteiger partial charge in [0.2, 0.25) is 0 Å². The molecule has 2 aromatic heterocycles. The molecule has 3 aromatic rings. The van der Waals surface area contributed by atoms with Crippen molar-refractivity contribution < 1.29 is 14.6 Å². The highest BCUT2D eigenvalue weighted by Crippen LogP contribution is 2.27. The summed E-state index contributed by atoms with van der Waals surface area (Å²) in [5.74, 6) is 2.38. The molecule has 1 unspecified atom stereocenters. The van der Waals surface area contributed by atoms with E-state index in [2.05, 4.69) is 9.88 Å². The second-order valence-corrected chi connectivity index (χ2v) is 6.95. The summed E-state index contributed by atoms with van der Waals surface area (Å²) >= 11 is 0. The van der Waals surface area contributed by atoms with Crippen molar-refractivity contribution in [3.05, 3.63) is 42.2 Å². The predicted molar refractivity (Wildman–Crippen MR) is 95.0 cm³/mol. The highest BCUT2D eigenvalue weighted by molar-refractivity contribution is 5.79. The lowest BCUT2D eigenvalue weighted by Gasteiger charge is -2.37. The highest BCUT2D eigenvalue weighted by atomic mass is 16.3. The molecule has 0 aliphatic carbocycles. The number of rotatable bonds is 4. The van der Waals surface area contributed by atoms with E-state index in [0.29, 0.717) is 19.5 Å². The molecule has 4 rings (SSSR count). The maximum Gasteiger partial charge on any atom is 0.176 e. The van der Waals surface area contributed by atoms with Crippen LogP contribution in [0.5, 0.6) is 0 Å². The van der Waals surface area contributed by atoms with E-state index in [1.54, 1.807) is 0 Å². The van der Waals surface area contributed by atoms with Crippen LogP contribution in [0.15, 0.2) is 40.8 Å². The SMILES string of the molecule is Cn1c(-c2ccc(CN3CCCC(O)(CO)C3)o2)nc2ccccc21. The summed E-state index contributed by atoms with van der Waals surface area (Å²) in [6, 6.07) is 11.9. The Morgan fingerprint density at radius 1 is 1.24 bits per heavy atom. The summed E-state index contributed by atoms with van der Waals surface area (Å²) in [5, 5.41) is 19.7. The van der Waals surface area contributed by atoms with E-state index in [1.807, 2.05) is 48.0 Å². The molecule has 25 heavy (non-hydrogen) atoms. The minimum Gasteiger partial charge on any atom is -0.456 e. The number of likely N-dealkylation sites (tertiary alicyclic amines) is 1. The van der Waals surface area contributed by atoms with Gasteiger partial charge in [-0.25, -0.2) is 4.98 Å². The van der Waals surface area contributed by atoms with Gasteiger partial charge in [0, 0.05) is 13.6 Å². The number of hydrogen-bond donors (Lipinski definition) is 2. The molecule has 1 aromatic carbocycles. The molecule has 1 saturated heterocycles. The number of piperidine rings is 1. The van der Waals surface area contributed by atoms with Gasteiger partial charge in [-0.1, -0.05) is 12.1 Å². The summed E-state index contributed by atoms with van der Waals surface area (Å²) in [4.78, 5) is 6.78. The average molecular weight is 341 g/mol. The number of furan rings is 1. The molecule has 1 atom stereocenters. The minimum absolute atomic E-state index is 0.202. The molecule has 2 N–H and O–H groups in total. The van der Waals surface area contributed by atoms with Crippen LogP contribution in [-0.4, -0.2) is 50.0 Å². The Balaban J connectivity index is 1.55. The van der Waals surface area contributed by atoms with E-state index in [0.717, 1.165) is 41.3 Å². The lowest BCUT2D eigenvalue weighted by Crippen LogP contribution is -2.49. The normalized spacial score (nSPS) is 21.9. The number of nitrogens with zero attached hydrogens (tertiary/aromatic N) is 3. The smallest absolute Gasteiger partial charge is 0.176 e. The molecular formula is C19H23N3O3. The van der Waals surface area contributed by atoms with Gasteiger partial charge in [-0.2, -0.15) is 0 Å². The van der Waals surface area contributed by atoms with Crippen molar-refractivity contribution in [2.45, 2.75) is 25.0 Å². The molecule has 0 saturated carbocycles. The monoisotopic (exact) mass is 341 g/mol. The first-order chi connectivity index (χ1) is 12.1. The Labute approximate surface area is 146 Å². The minimum atomic E-state index is -0.995. The maximum absolute atomic E-state index is 10.3. The highest BCUT2D eigenvalue weighted by Gasteiger charge is 2.32. The molecule has 0 radical (unpaired) electrons. The first-order valence-electron chi connectivity index (χ1n) is 8.64. The molecule has 0 bridgehead atoms. The Hall–Kier alpha value is -2.15. The van der Waals surface area contributed by atoms with Crippen LogP contribution in [-0.2, 0) is 13.6 Å². The van der Waals surface area contributed by atoms with Crippen LogP contribution in [0.3, 0.4) is 0 Å². The van der Waals surface area contributed by atoms with E-state index in [4.69, 9.17) is 4.42 Å². The topological polar surface area (TPSA) is 74.7 Å². The standard InChI is InChI=1S/C19H23N3O3/c1-21-16-6-3-2-5-15(16)20-18(21)17-8-7-14(25-17)11-22-10-4-9-19(24,12-22)13-23/h2-3,5-8,23-24H,4,9-13H2,1H3. The largest absolute Gasteiger partial charge is 0.456 e. The van der Waals surface area contributed by atoms with Crippen LogP contribution in [0.25, 0.3) is 22.6 Å². The third-order valence-corrected chi connectivity index (χ3v) is 4.98. The van der Waals surface area contributed by atoms with Crippen molar-refractivity contribution in [3.8, 4) is 11.6 Å². The number of imidazole rings is 1. The zero-order valence-corrected chi connectivity index (χ0v) is 14.4. The molecule has 6 nitrogen and oxygen atoms in total. The molecular weight excluding hydrogens is 318 g/mol. The van der Waals surface area contributed by atoms with Crippen molar-refractivity contribution in [2.75, 3.05) is 19.7 Å². The fraction of sp³-hybridized carbons (Fsp3) is 0.421. The van der Waals surface area contributed by atoms with Crippen LogP contribution in [0, 0.1) is 0 Å². The molecule has 1 fully saturated rings. The zero-order chi connectivity index (χ0) is 17.4. The predicted octanol–water partition coefficient (Wildman–Crippen LogP) is 2.15. The molecule has 6 heteroatoms. The summed E-state index contributed by atoms with van der Waals surface area (Å²) in [6.45, 7) is 1.77. The van der Waals surface area contributed by atoms with Gasteiger partial charge < -0.3 is 19.2 Å². The number of β-amino-alcohol motifs (C(OH)–C–C–N with tert-alkyl or cyclic N) is 1. The van der Waals surface area contributed by atoms with E-state index in [1.165, 1.54) is 0 Å². The zero-order valence-electron chi connectivity index (χ0n) is 14.4. The first-order valence-corrected chi connectivity index (χ1v) is 8.64. The number of aliphatic hydroxyl groups is 2. The van der Waals surface area contributed by atoms with Crippen molar-refractivity contribution >= 4 is 11.0 Å². The van der Waals surface area contributed by atoms with Crippen LogP contribution < -0.4 is 0 Å². The molecule has 132 valence electrons. The van der Waals surface area contributed by atoms with Gasteiger partial charge in [-0.05, 0) is 43.7 Å². The Bertz CT molecular complexity index is 885. The average Bonchev–Trinajstić information content (AvgIpc) is 3.20. The van der Waals surface area contributed by atoms with Crippen LogP contribution in [0.1, 0.15) is 18.6 Å². The Morgan fingerprint density at radius 2 is 2.08 bits per heavy atom. The van der Waals surface area contributed by atoms with Gasteiger partial charge in [0.15, 0.2) is 11.6 Å². The van der Waals surface area contributed by atoms with Gasteiger partial charge in [0.05, 0.1) is 24.2 Å². The number of para-hydroxylation sites is 2. The first kappa shape index (κ1) is 16.3. The molecule has 0 amide bonds. The number of fused-ring (bicyclic) bond motifs is 1. The third kappa shape index (κ3) is 3.08. The second-order valence-electron chi connectivity index (χ2n) is 6.95. The van der Waals surface area contributed by atoms with Crippen molar-refractivity contribution in [3.63, 3.8) is 0 Å². The number of benzene rings is 1. The Kier molecular flexibility index (Phi) is 4.11. The molecule has 1 aliphatic heterocycles. The third-order valence-electron chi connectivity index (χ3n) is 4.98. The van der Waals surface area contributed by atoms with Crippen molar-refractivity contribution in [2.24, 2.45) is 7.05 Å². The Morgan fingerprint density at radius 3 is 2.88 bits per heavy atom. The van der Waals surface area contributed by atoms with E-state index < -0.39 is 5.60 Å². The fourth-order valence-corrected chi connectivity index (χ4v) is 3.64. The maximum atomic E-state index is 10.3. The van der Waals surface area contributed by atoms with Crippen molar-refractivity contribution in [1.82, 2.24) is 14.5 Å². The summed E-state index contributed by atoms with van der Waals surface area (Å²) in [7, 11) is 1.98. The summed E-state index contributed by atoms with van der Waals surface area (Å²) in [6.07, 6.45) is 1.51. The van der Waals surface area contributed by atoms with Crippen molar-refractivity contribution in [1.29, 1.82) is 0 Å². The molecule has 1 aliphatic rings. The van der Waals surface area contributed by atoms with E-state index in [9.17, 15) is 10.2 Å². The summed E-state index contributed by atoms with van der Waals surface area (Å²) in [5.41, 5.74) is 1.02. The number of aliphatic hydroxyl groups excluding tert-OH is 1. The number of aromatic nitrogens is 2. The second kappa shape index (κ2) is 6.29. The number of hydrogen-bond acceptors (Lipinski definition) is 5. The van der Waals surface area contributed by atoms with E-state index in [-0.39, 0.29) is 6.61 Å². The van der Waals surface area contributed by atoms with Gasteiger partial charge in [-0.3, -0.25) is 4.90 Å². The van der Waals surface area contributed by atoms with Gasteiger partial charge in [0.1, 0.15) is 11.4 Å². The summed E-state index contributed by atoms with van der Waals surface area (Å²) < 4.78 is 8.05. The lowest BCUT2D eigenvalue weighted by molar-refractivity contribution is -0.0697. The molecule has 3 heterocycles. The van der Waals surface area contributed by atoms with Gasteiger partial charge >= 0.3 is 0 Å².